The highest BCUT2D eigenvalue weighted by molar-refractivity contribution is 5.28. The van der Waals surface area contributed by atoms with Crippen LogP contribution in [0.4, 0.5) is 5.95 Å². The van der Waals surface area contributed by atoms with Crippen LogP contribution in [0.1, 0.15) is 46.2 Å². The first-order valence-corrected chi connectivity index (χ1v) is 6.20. The normalized spacial score (nSPS) is 11.8. The van der Waals surface area contributed by atoms with Crippen molar-refractivity contribution in [3.63, 3.8) is 0 Å². The van der Waals surface area contributed by atoms with Gasteiger partial charge in [0.2, 0.25) is 5.95 Å². The molecular weight excluding hydrogens is 198 g/mol. The van der Waals surface area contributed by atoms with Gasteiger partial charge in [-0.25, -0.2) is 4.98 Å². The van der Waals surface area contributed by atoms with Crippen molar-refractivity contribution < 1.29 is 0 Å². The van der Waals surface area contributed by atoms with E-state index in [0.717, 1.165) is 37.6 Å². The Balaban J connectivity index is 2.52. The lowest BCUT2D eigenvalue weighted by Gasteiger charge is -2.18. The Morgan fingerprint density at radius 3 is 2.62 bits per heavy atom. The van der Waals surface area contributed by atoms with Crippen LogP contribution in [0.25, 0.3) is 0 Å². The van der Waals surface area contributed by atoms with Gasteiger partial charge in [-0.1, -0.05) is 27.7 Å². The van der Waals surface area contributed by atoms with E-state index >= 15 is 0 Å². The molecule has 16 heavy (non-hydrogen) atoms. The van der Waals surface area contributed by atoms with E-state index in [2.05, 4.69) is 48.8 Å². The summed E-state index contributed by atoms with van der Waals surface area (Å²) in [5.74, 6) is 1.02. The molecule has 0 aromatic carbocycles. The Labute approximate surface area is 99.3 Å². The van der Waals surface area contributed by atoms with E-state index < -0.39 is 0 Å². The first-order valence-electron chi connectivity index (χ1n) is 6.20. The summed E-state index contributed by atoms with van der Waals surface area (Å²) in [7, 11) is 0. The zero-order valence-electron chi connectivity index (χ0n) is 11.3. The molecule has 0 amide bonds. The zero-order chi connectivity index (χ0) is 12.2. The fourth-order valence-corrected chi connectivity index (χ4v) is 1.65. The maximum Gasteiger partial charge on any atom is 0.203 e. The third-order valence-electron chi connectivity index (χ3n) is 2.52. The maximum atomic E-state index is 4.50. The number of hydrogen-bond acceptors (Lipinski definition) is 2. The Kier molecular flexibility index (Phi) is 4.39. The van der Waals surface area contributed by atoms with Gasteiger partial charge >= 0.3 is 0 Å². The number of nitrogens with zero attached hydrogens (tertiary/aromatic N) is 2. The van der Waals surface area contributed by atoms with Crippen molar-refractivity contribution >= 4 is 5.95 Å². The number of anilines is 1. The number of nitrogens with one attached hydrogen (secondary N) is 1. The molecule has 0 aliphatic carbocycles. The van der Waals surface area contributed by atoms with Crippen molar-refractivity contribution in [1.82, 2.24) is 9.55 Å². The largest absolute Gasteiger partial charge is 0.356 e. The second-order valence-electron chi connectivity index (χ2n) is 5.64. The Morgan fingerprint density at radius 2 is 2.06 bits per heavy atom. The summed E-state index contributed by atoms with van der Waals surface area (Å²) in [5.41, 5.74) is 1.47. The van der Waals surface area contributed by atoms with Crippen LogP contribution in [-0.4, -0.2) is 16.1 Å². The van der Waals surface area contributed by atoms with Gasteiger partial charge in [0, 0.05) is 19.3 Å². The molecular formula is C13H25N3. The Morgan fingerprint density at radius 1 is 1.38 bits per heavy atom. The average molecular weight is 223 g/mol. The Bertz CT molecular complexity index is 320. The minimum atomic E-state index is 0.379. The monoisotopic (exact) mass is 223 g/mol. The quantitative estimate of drug-likeness (QED) is 0.828. The molecule has 0 bridgehead atoms. The summed E-state index contributed by atoms with van der Waals surface area (Å²) in [6, 6.07) is 0. The van der Waals surface area contributed by atoms with Crippen molar-refractivity contribution in [3.8, 4) is 0 Å². The minimum Gasteiger partial charge on any atom is -0.356 e. The van der Waals surface area contributed by atoms with E-state index in [1.54, 1.807) is 0 Å². The van der Waals surface area contributed by atoms with Crippen LogP contribution in [0, 0.1) is 12.3 Å². The summed E-state index contributed by atoms with van der Waals surface area (Å²) in [6.45, 7) is 13.0. The molecule has 0 saturated carbocycles. The highest BCUT2D eigenvalue weighted by atomic mass is 15.2. The van der Waals surface area contributed by atoms with Crippen LogP contribution in [0.3, 0.4) is 0 Å². The van der Waals surface area contributed by atoms with Gasteiger partial charge in [0.25, 0.3) is 0 Å². The molecule has 0 spiro atoms. The van der Waals surface area contributed by atoms with Gasteiger partial charge in [-0.2, -0.15) is 0 Å². The molecule has 0 saturated heterocycles. The van der Waals surface area contributed by atoms with E-state index in [1.807, 2.05) is 6.92 Å². The molecule has 1 rings (SSSR count). The van der Waals surface area contributed by atoms with Gasteiger partial charge in [0.05, 0.1) is 5.69 Å². The number of hydrogen-bond donors (Lipinski definition) is 1. The third-order valence-corrected chi connectivity index (χ3v) is 2.52. The second-order valence-corrected chi connectivity index (χ2v) is 5.64. The van der Waals surface area contributed by atoms with Gasteiger partial charge in [-0.05, 0) is 25.2 Å². The molecule has 0 aliphatic rings. The smallest absolute Gasteiger partial charge is 0.203 e. The van der Waals surface area contributed by atoms with Crippen LogP contribution >= 0.6 is 0 Å². The topological polar surface area (TPSA) is 29.9 Å². The molecule has 92 valence electrons. The molecule has 1 aromatic rings. The van der Waals surface area contributed by atoms with Crippen LogP contribution < -0.4 is 5.32 Å². The lowest BCUT2D eigenvalue weighted by Crippen LogP contribution is -2.15. The molecule has 3 nitrogen and oxygen atoms in total. The summed E-state index contributed by atoms with van der Waals surface area (Å²) < 4.78 is 2.21. The number of aryl methyl sites for hydroxylation is 2. The molecule has 0 unspecified atom stereocenters. The molecule has 1 heterocycles. The molecule has 1 aromatic heterocycles. The summed E-state index contributed by atoms with van der Waals surface area (Å²) in [6.07, 6.45) is 4.41. The van der Waals surface area contributed by atoms with Crippen molar-refractivity contribution in [1.29, 1.82) is 0 Å². The van der Waals surface area contributed by atoms with Crippen LogP contribution in [-0.2, 0) is 6.54 Å². The highest BCUT2D eigenvalue weighted by Crippen LogP contribution is 2.18. The van der Waals surface area contributed by atoms with Crippen molar-refractivity contribution in [2.75, 3.05) is 11.9 Å². The summed E-state index contributed by atoms with van der Waals surface area (Å²) >= 11 is 0. The second kappa shape index (κ2) is 5.37. The van der Waals surface area contributed by atoms with Gasteiger partial charge in [-0.15, -0.1) is 0 Å². The fraction of sp³-hybridized carbons (Fsp3) is 0.769. The lowest BCUT2D eigenvalue weighted by molar-refractivity contribution is 0.389. The third kappa shape index (κ3) is 4.25. The van der Waals surface area contributed by atoms with Crippen LogP contribution in [0.15, 0.2) is 6.20 Å². The summed E-state index contributed by atoms with van der Waals surface area (Å²) in [5, 5.41) is 3.43. The summed E-state index contributed by atoms with van der Waals surface area (Å²) in [4.78, 5) is 4.50. The number of aromatic nitrogens is 2. The predicted molar refractivity (Wildman–Crippen MR) is 69.8 cm³/mol. The zero-order valence-corrected chi connectivity index (χ0v) is 11.3. The van der Waals surface area contributed by atoms with E-state index in [1.165, 1.54) is 0 Å². The van der Waals surface area contributed by atoms with Gasteiger partial charge < -0.3 is 9.88 Å². The standard InChI is InChI=1S/C13H25N3/c1-6-9-16-10-11(2)15-12(16)14-8-7-13(3,4)5/h10H,6-9H2,1-5H3,(H,14,15). The van der Waals surface area contributed by atoms with Gasteiger partial charge in [-0.3, -0.25) is 0 Å². The van der Waals surface area contributed by atoms with Crippen LogP contribution in [0.2, 0.25) is 0 Å². The highest BCUT2D eigenvalue weighted by Gasteiger charge is 2.10. The molecule has 0 atom stereocenters. The van der Waals surface area contributed by atoms with Crippen molar-refractivity contribution in [2.24, 2.45) is 5.41 Å². The van der Waals surface area contributed by atoms with E-state index in [9.17, 15) is 0 Å². The predicted octanol–water partition coefficient (Wildman–Crippen LogP) is 3.45. The molecule has 0 aliphatic heterocycles. The maximum absolute atomic E-state index is 4.50. The first kappa shape index (κ1) is 13.1. The number of rotatable bonds is 5. The van der Waals surface area contributed by atoms with Crippen molar-refractivity contribution in [2.45, 2.75) is 54.0 Å². The lowest BCUT2D eigenvalue weighted by atomic mass is 9.92. The molecule has 3 heteroatoms. The van der Waals surface area contributed by atoms with E-state index in [4.69, 9.17) is 0 Å². The minimum absolute atomic E-state index is 0.379. The SMILES string of the molecule is CCCn1cc(C)nc1NCCC(C)(C)C. The molecule has 0 fully saturated rings. The van der Waals surface area contributed by atoms with Gasteiger partial charge in [0.15, 0.2) is 0 Å². The fourth-order valence-electron chi connectivity index (χ4n) is 1.65. The molecule has 0 radical (unpaired) electrons. The van der Waals surface area contributed by atoms with Crippen molar-refractivity contribution in [3.05, 3.63) is 11.9 Å². The van der Waals surface area contributed by atoms with Crippen LogP contribution in [0.5, 0.6) is 0 Å². The van der Waals surface area contributed by atoms with E-state index in [-0.39, 0.29) is 0 Å². The average Bonchev–Trinajstić information content (AvgIpc) is 2.45. The Hall–Kier alpha value is -0.990. The van der Waals surface area contributed by atoms with E-state index in [0.29, 0.717) is 5.41 Å². The first-order chi connectivity index (χ1) is 7.42. The molecule has 1 N–H and O–H groups in total. The number of imidazole rings is 1. The van der Waals surface area contributed by atoms with Gasteiger partial charge in [0.1, 0.15) is 0 Å².